The standard InChI is InChI=1S/C37H38N2O6S/c1-2-39(21-7-6-20-38-37(43)45-25-26-8-4-3-5-9-26)22-23-44-31-17-12-27(13-18-31)35(42)34-32-19-16-30(41)24-33(32)46-36(34)28-10-14-29(40)15-11-28/h3-5,8-19,24,40-41H,2,6-7,20-23,25H2,1H3,(H,38,43). The number of likely N-dealkylation sites (N-methyl/N-ethyl adjacent to an activating group) is 1. The molecule has 0 aliphatic rings. The number of fused-ring (bicyclic) bond motifs is 1. The first-order valence-electron chi connectivity index (χ1n) is 15.4. The minimum absolute atomic E-state index is 0.123. The van der Waals surface area contributed by atoms with Gasteiger partial charge in [-0.3, -0.25) is 4.79 Å². The molecule has 0 radical (unpaired) electrons. The summed E-state index contributed by atoms with van der Waals surface area (Å²) < 4.78 is 12.1. The van der Waals surface area contributed by atoms with E-state index in [-0.39, 0.29) is 23.9 Å². The highest BCUT2D eigenvalue weighted by Gasteiger charge is 2.22. The van der Waals surface area contributed by atoms with Crippen LogP contribution in [0.2, 0.25) is 0 Å². The van der Waals surface area contributed by atoms with Crippen molar-refractivity contribution in [3.05, 3.63) is 114 Å². The number of nitrogens with one attached hydrogen (secondary N) is 1. The molecular formula is C37H38N2O6S. The number of carbonyl (C=O) groups excluding carboxylic acids is 2. The number of nitrogens with zero attached hydrogens (tertiary/aromatic N) is 1. The average Bonchev–Trinajstić information content (AvgIpc) is 3.45. The van der Waals surface area contributed by atoms with Crippen molar-refractivity contribution in [2.24, 2.45) is 0 Å². The highest BCUT2D eigenvalue weighted by molar-refractivity contribution is 7.22. The van der Waals surface area contributed by atoms with Crippen molar-refractivity contribution in [3.8, 4) is 27.7 Å². The zero-order valence-corrected chi connectivity index (χ0v) is 26.6. The van der Waals surface area contributed by atoms with Crippen LogP contribution in [-0.4, -0.2) is 59.8 Å². The highest BCUT2D eigenvalue weighted by Crippen LogP contribution is 2.41. The third-order valence-electron chi connectivity index (χ3n) is 7.65. The van der Waals surface area contributed by atoms with Crippen molar-refractivity contribution >= 4 is 33.3 Å². The molecule has 0 saturated heterocycles. The molecule has 0 spiro atoms. The van der Waals surface area contributed by atoms with Gasteiger partial charge in [0, 0.05) is 39.2 Å². The summed E-state index contributed by atoms with van der Waals surface area (Å²) in [5, 5.41) is 23.4. The van der Waals surface area contributed by atoms with E-state index in [1.807, 2.05) is 42.5 Å². The molecule has 0 aliphatic heterocycles. The summed E-state index contributed by atoms with van der Waals surface area (Å²) in [5.41, 5.74) is 2.88. The van der Waals surface area contributed by atoms with E-state index in [0.29, 0.717) is 30.0 Å². The van der Waals surface area contributed by atoms with Gasteiger partial charge in [-0.2, -0.15) is 0 Å². The number of amides is 1. The molecule has 4 aromatic carbocycles. The number of alkyl carbamates (subject to hydrolysis) is 1. The molecule has 3 N–H and O–H groups in total. The first kappa shape index (κ1) is 32.5. The van der Waals surface area contributed by atoms with Crippen LogP contribution in [0.3, 0.4) is 0 Å². The van der Waals surface area contributed by atoms with Crippen LogP contribution in [-0.2, 0) is 11.3 Å². The molecule has 0 saturated carbocycles. The van der Waals surface area contributed by atoms with E-state index in [1.54, 1.807) is 54.6 Å². The molecule has 46 heavy (non-hydrogen) atoms. The second-order valence-electron chi connectivity index (χ2n) is 10.9. The Morgan fingerprint density at radius 1 is 0.848 bits per heavy atom. The number of phenolic OH excluding ortho intramolecular Hbond substituents is 2. The molecule has 0 atom stereocenters. The fraction of sp³-hybridized carbons (Fsp3) is 0.243. The predicted molar refractivity (Wildman–Crippen MR) is 182 cm³/mol. The first-order valence-corrected chi connectivity index (χ1v) is 16.2. The minimum Gasteiger partial charge on any atom is -0.508 e. The Balaban J connectivity index is 1.09. The summed E-state index contributed by atoms with van der Waals surface area (Å²) in [5.74, 6) is 0.855. The van der Waals surface area contributed by atoms with Crippen molar-refractivity contribution in [1.29, 1.82) is 0 Å². The number of aromatic hydroxyl groups is 2. The Hall–Kier alpha value is -4.86. The van der Waals surface area contributed by atoms with E-state index in [2.05, 4.69) is 17.1 Å². The Bertz CT molecular complexity index is 1740. The van der Waals surface area contributed by atoms with Gasteiger partial charge in [0.1, 0.15) is 30.5 Å². The predicted octanol–water partition coefficient (Wildman–Crippen LogP) is 7.62. The zero-order valence-electron chi connectivity index (χ0n) is 25.8. The molecule has 0 unspecified atom stereocenters. The third kappa shape index (κ3) is 8.65. The monoisotopic (exact) mass is 638 g/mol. The van der Waals surface area contributed by atoms with Crippen LogP contribution in [0, 0.1) is 0 Å². The van der Waals surface area contributed by atoms with Crippen molar-refractivity contribution in [1.82, 2.24) is 10.2 Å². The second kappa shape index (κ2) is 15.9. The van der Waals surface area contributed by atoms with Gasteiger partial charge < -0.3 is 29.9 Å². The number of unbranched alkanes of at least 4 members (excludes halogenated alkanes) is 1. The summed E-state index contributed by atoms with van der Waals surface area (Å²) in [7, 11) is 0. The Morgan fingerprint density at radius 3 is 2.33 bits per heavy atom. The maximum absolute atomic E-state index is 13.8. The lowest BCUT2D eigenvalue weighted by molar-refractivity contribution is 0.104. The molecule has 5 aromatic rings. The summed E-state index contributed by atoms with van der Waals surface area (Å²) in [6, 6.07) is 28.6. The van der Waals surface area contributed by atoms with E-state index in [9.17, 15) is 19.8 Å². The average molecular weight is 639 g/mol. The summed E-state index contributed by atoms with van der Waals surface area (Å²) in [4.78, 5) is 28.8. The number of thiophene rings is 1. The number of hydrogen-bond donors (Lipinski definition) is 3. The van der Waals surface area contributed by atoms with Crippen molar-refractivity contribution in [3.63, 3.8) is 0 Å². The van der Waals surface area contributed by atoms with E-state index < -0.39 is 6.09 Å². The van der Waals surface area contributed by atoms with Gasteiger partial charge in [0.2, 0.25) is 0 Å². The quantitative estimate of drug-likeness (QED) is 0.0800. The number of rotatable bonds is 15. The molecule has 0 fully saturated rings. The van der Waals surface area contributed by atoms with E-state index in [1.165, 1.54) is 11.3 Å². The molecule has 5 rings (SSSR count). The van der Waals surface area contributed by atoms with Crippen LogP contribution in [0.4, 0.5) is 4.79 Å². The van der Waals surface area contributed by atoms with Gasteiger partial charge in [-0.05, 0) is 104 Å². The topological polar surface area (TPSA) is 108 Å². The highest BCUT2D eigenvalue weighted by atomic mass is 32.1. The zero-order chi connectivity index (χ0) is 32.3. The lowest BCUT2D eigenvalue weighted by atomic mass is 9.97. The van der Waals surface area contributed by atoms with Crippen LogP contribution < -0.4 is 10.1 Å². The number of hydrogen-bond acceptors (Lipinski definition) is 8. The van der Waals surface area contributed by atoms with E-state index in [4.69, 9.17) is 9.47 Å². The molecule has 1 amide bonds. The molecule has 1 aromatic heterocycles. The molecular weight excluding hydrogens is 600 g/mol. The fourth-order valence-corrected chi connectivity index (χ4v) is 6.36. The molecule has 8 nitrogen and oxygen atoms in total. The normalized spacial score (nSPS) is 11.1. The van der Waals surface area contributed by atoms with Gasteiger partial charge in [0.25, 0.3) is 0 Å². The summed E-state index contributed by atoms with van der Waals surface area (Å²) >= 11 is 1.43. The van der Waals surface area contributed by atoms with E-state index >= 15 is 0 Å². The van der Waals surface area contributed by atoms with Gasteiger partial charge in [-0.15, -0.1) is 11.3 Å². The van der Waals surface area contributed by atoms with Crippen molar-refractivity contribution in [2.45, 2.75) is 26.4 Å². The van der Waals surface area contributed by atoms with Crippen LogP contribution in [0.1, 0.15) is 41.3 Å². The number of ether oxygens (including phenoxy) is 2. The smallest absolute Gasteiger partial charge is 0.407 e. The van der Waals surface area contributed by atoms with Crippen LogP contribution >= 0.6 is 11.3 Å². The number of benzene rings is 4. The second-order valence-corrected chi connectivity index (χ2v) is 11.9. The SMILES string of the molecule is CCN(CCCCNC(=O)OCc1ccccc1)CCOc1ccc(C(=O)c2c(-c3ccc(O)cc3)sc3cc(O)ccc23)cc1. The number of carbonyl (C=O) groups is 2. The minimum atomic E-state index is -0.404. The molecule has 0 aliphatic carbocycles. The van der Waals surface area contributed by atoms with Crippen molar-refractivity contribution < 1.29 is 29.3 Å². The number of phenols is 2. The first-order chi connectivity index (χ1) is 22.4. The molecule has 1 heterocycles. The van der Waals surface area contributed by atoms with Crippen molar-refractivity contribution in [2.75, 3.05) is 32.8 Å². The van der Waals surface area contributed by atoms with Gasteiger partial charge >= 0.3 is 6.09 Å². The molecule has 238 valence electrons. The largest absolute Gasteiger partial charge is 0.508 e. The Kier molecular flexibility index (Phi) is 11.3. The Labute approximate surface area is 272 Å². The summed E-state index contributed by atoms with van der Waals surface area (Å²) in [6.07, 6.45) is 1.38. The van der Waals surface area contributed by atoms with Crippen LogP contribution in [0.5, 0.6) is 17.2 Å². The lowest BCUT2D eigenvalue weighted by Gasteiger charge is -2.20. The van der Waals surface area contributed by atoms with Gasteiger partial charge in [0.05, 0.1) is 0 Å². The van der Waals surface area contributed by atoms with Gasteiger partial charge in [-0.1, -0.05) is 37.3 Å². The van der Waals surface area contributed by atoms with Gasteiger partial charge in [0.15, 0.2) is 5.78 Å². The lowest BCUT2D eigenvalue weighted by Crippen LogP contribution is -2.30. The fourth-order valence-electron chi connectivity index (χ4n) is 5.12. The molecule has 9 heteroatoms. The third-order valence-corrected chi connectivity index (χ3v) is 8.85. The van der Waals surface area contributed by atoms with E-state index in [0.717, 1.165) is 58.6 Å². The van der Waals surface area contributed by atoms with Gasteiger partial charge in [-0.25, -0.2) is 4.79 Å². The Morgan fingerprint density at radius 2 is 1.59 bits per heavy atom. The number of ketones is 1. The van der Waals surface area contributed by atoms with Crippen LogP contribution in [0.25, 0.3) is 20.5 Å². The summed E-state index contributed by atoms with van der Waals surface area (Å²) in [6.45, 7) is 5.98. The maximum atomic E-state index is 13.8. The maximum Gasteiger partial charge on any atom is 0.407 e. The van der Waals surface area contributed by atoms with Crippen LogP contribution in [0.15, 0.2) is 97.1 Å². The molecule has 0 bridgehead atoms.